The smallest absolute Gasteiger partial charge is 0.215 e. The third-order valence-corrected chi connectivity index (χ3v) is 6.30. The van der Waals surface area contributed by atoms with Crippen LogP contribution in [-0.4, -0.2) is 32.9 Å². The summed E-state index contributed by atoms with van der Waals surface area (Å²) in [6.45, 7) is 4.23. The van der Waals surface area contributed by atoms with E-state index in [1.165, 1.54) is 12.1 Å². The molecule has 0 radical (unpaired) electrons. The maximum absolute atomic E-state index is 13.9. The molecule has 1 N–H and O–H groups in total. The fourth-order valence-electron chi connectivity index (χ4n) is 2.78. The van der Waals surface area contributed by atoms with E-state index in [4.69, 9.17) is 16.3 Å². The molecule has 4 nitrogen and oxygen atoms in total. The Morgan fingerprint density at radius 3 is 2.82 bits per heavy atom. The third kappa shape index (κ3) is 4.19. The second-order valence-corrected chi connectivity index (χ2v) is 8.22. The maximum atomic E-state index is 13.9. The molecule has 1 aliphatic heterocycles. The molecule has 0 bridgehead atoms. The molecule has 1 aromatic rings. The predicted molar refractivity (Wildman–Crippen MR) is 85.0 cm³/mol. The molecule has 0 aliphatic carbocycles. The van der Waals surface area contributed by atoms with Gasteiger partial charge in [0, 0.05) is 29.2 Å². The number of benzene rings is 1. The van der Waals surface area contributed by atoms with Gasteiger partial charge < -0.3 is 4.74 Å². The van der Waals surface area contributed by atoms with Crippen molar-refractivity contribution in [3.8, 4) is 0 Å². The molecule has 1 saturated heterocycles. The van der Waals surface area contributed by atoms with Crippen molar-refractivity contribution >= 4 is 21.6 Å². The van der Waals surface area contributed by atoms with Gasteiger partial charge in [0.1, 0.15) is 5.82 Å². The van der Waals surface area contributed by atoms with E-state index >= 15 is 0 Å². The lowest BCUT2D eigenvalue weighted by atomic mass is 9.93. The van der Waals surface area contributed by atoms with Crippen molar-refractivity contribution in [2.24, 2.45) is 5.92 Å². The highest BCUT2D eigenvalue weighted by Crippen LogP contribution is 2.29. The Balaban J connectivity index is 2.24. The van der Waals surface area contributed by atoms with E-state index in [2.05, 4.69) is 4.72 Å². The Kier molecular flexibility index (Phi) is 5.82. The molecule has 1 heterocycles. The average molecular weight is 350 g/mol. The number of nitrogens with one attached hydrogen (secondary N) is 1. The van der Waals surface area contributed by atoms with Gasteiger partial charge in [0.2, 0.25) is 10.0 Å². The molecular formula is C15H21ClFNO3S. The molecule has 22 heavy (non-hydrogen) atoms. The number of rotatable bonds is 5. The van der Waals surface area contributed by atoms with Crippen molar-refractivity contribution in [1.29, 1.82) is 0 Å². The zero-order valence-electron chi connectivity index (χ0n) is 12.7. The molecule has 2 atom stereocenters. The summed E-state index contributed by atoms with van der Waals surface area (Å²) < 4.78 is 46.9. The van der Waals surface area contributed by atoms with Crippen molar-refractivity contribution in [1.82, 2.24) is 4.72 Å². The lowest BCUT2D eigenvalue weighted by molar-refractivity contribution is 0.0567. The number of sulfonamides is 1. The van der Waals surface area contributed by atoms with Gasteiger partial charge in [-0.1, -0.05) is 17.7 Å². The zero-order chi connectivity index (χ0) is 16.3. The highest BCUT2D eigenvalue weighted by atomic mass is 35.5. The third-order valence-electron chi connectivity index (χ3n) is 3.73. The van der Waals surface area contributed by atoms with E-state index < -0.39 is 21.1 Å². The maximum Gasteiger partial charge on any atom is 0.215 e. The first-order valence-electron chi connectivity index (χ1n) is 7.33. The van der Waals surface area contributed by atoms with Crippen LogP contribution in [0.2, 0.25) is 5.02 Å². The lowest BCUT2D eigenvalue weighted by Gasteiger charge is -2.32. The number of ether oxygens (including phenoxy) is 1. The van der Waals surface area contributed by atoms with E-state index in [1.54, 1.807) is 19.9 Å². The normalized spacial score (nSPS) is 23.0. The Hall–Kier alpha value is -0.690. The van der Waals surface area contributed by atoms with E-state index in [-0.39, 0.29) is 25.0 Å². The van der Waals surface area contributed by atoms with Crippen LogP contribution in [0.3, 0.4) is 0 Å². The predicted octanol–water partition coefficient (Wildman–Crippen LogP) is 2.75. The van der Waals surface area contributed by atoms with Crippen molar-refractivity contribution in [2.75, 3.05) is 13.2 Å². The van der Waals surface area contributed by atoms with Gasteiger partial charge >= 0.3 is 0 Å². The minimum absolute atomic E-state index is 0.175. The van der Waals surface area contributed by atoms with E-state index in [9.17, 15) is 12.8 Å². The monoisotopic (exact) mass is 349 g/mol. The second-order valence-electron chi connectivity index (χ2n) is 5.88. The lowest BCUT2D eigenvalue weighted by Crippen LogP contribution is -2.46. The van der Waals surface area contributed by atoms with Crippen LogP contribution >= 0.6 is 11.6 Å². The standard InChI is InChI=1S/C15H21ClFNO3S/c1-10(2)18-22(19,20)15-6-7-21-9-11(15)8-12-13(16)4-3-5-14(12)17/h3-5,10-11,15,18H,6-9H2,1-2H3/t11-,15-/m1/s1. The van der Waals surface area contributed by atoms with Crippen LogP contribution in [-0.2, 0) is 21.2 Å². The van der Waals surface area contributed by atoms with Crippen molar-refractivity contribution < 1.29 is 17.5 Å². The zero-order valence-corrected chi connectivity index (χ0v) is 14.3. The molecule has 0 spiro atoms. The first kappa shape index (κ1) is 17.7. The molecule has 0 saturated carbocycles. The van der Waals surface area contributed by atoms with Crippen LogP contribution in [0.5, 0.6) is 0 Å². The first-order valence-corrected chi connectivity index (χ1v) is 9.25. The molecule has 1 aromatic carbocycles. The summed E-state index contributed by atoms with van der Waals surface area (Å²) in [5.74, 6) is -0.731. The first-order chi connectivity index (χ1) is 10.3. The van der Waals surface area contributed by atoms with Gasteiger partial charge in [-0.2, -0.15) is 0 Å². The van der Waals surface area contributed by atoms with Gasteiger partial charge in [0.15, 0.2) is 0 Å². The molecule has 0 amide bonds. The van der Waals surface area contributed by atoms with Gasteiger partial charge in [0.05, 0.1) is 11.9 Å². The van der Waals surface area contributed by atoms with Crippen LogP contribution in [0.4, 0.5) is 4.39 Å². The second kappa shape index (κ2) is 7.25. The van der Waals surface area contributed by atoms with Crippen molar-refractivity contribution in [2.45, 2.75) is 38.0 Å². The summed E-state index contributed by atoms with van der Waals surface area (Å²) in [5, 5.41) is -0.280. The Bertz CT molecular complexity index is 601. The van der Waals surface area contributed by atoms with Crippen LogP contribution in [0.15, 0.2) is 18.2 Å². The molecule has 0 unspecified atom stereocenters. The summed E-state index contributed by atoms with van der Waals surface area (Å²) in [4.78, 5) is 0. The van der Waals surface area contributed by atoms with Crippen LogP contribution < -0.4 is 4.72 Å². The van der Waals surface area contributed by atoms with E-state index in [0.717, 1.165) is 0 Å². The fraction of sp³-hybridized carbons (Fsp3) is 0.600. The van der Waals surface area contributed by atoms with Crippen LogP contribution in [0, 0.1) is 11.7 Å². The Morgan fingerprint density at radius 2 is 2.18 bits per heavy atom. The number of halogens is 2. The molecular weight excluding hydrogens is 329 g/mol. The molecule has 0 aromatic heterocycles. The highest BCUT2D eigenvalue weighted by molar-refractivity contribution is 7.90. The number of hydrogen-bond acceptors (Lipinski definition) is 3. The van der Waals surface area contributed by atoms with E-state index in [0.29, 0.717) is 23.6 Å². The van der Waals surface area contributed by atoms with Gasteiger partial charge in [-0.3, -0.25) is 0 Å². The minimum atomic E-state index is -3.47. The molecule has 1 fully saturated rings. The van der Waals surface area contributed by atoms with Gasteiger partial charge in [-0.05, 0) is 38.8 Å². The van der Waals surface area contributed by atoms with Gasteiger partial charge in [-0.15, -0.1) is 0 Å². The molecule has 124 valence electrons. The highest BCUT2D eigenvalue weighted by Gasteiger charge is 2.37. The summed E-state index contributed by atoms with van der Waals surface area (Å²) in [7, 11) is -3.47. The Morgan fingerprint density at radius 1 is 1.45 bits per heavy atom. The quantitative estimate of drug-likeness (QED) is 0.889. The van der Waals surface area contributed by atoms with Crippen molar-refractivity contribution in [3.63, 3.8) is 0 Å². The van der Waals surface area contributed by atoms with Crippen LogP contribution in [0.25, 0.3) is 0 Å². The van der Waals surface area contributed by atoms with Crippen LogP contribution in [0.1, 0.15) is 25.8 Å². The van der Waals surface area contributed by atoms with Crippen molar-refractivity contribution in [3.05, 3.63) is 34.6 Å². The number of hydrogen-bond donors (Lipinski definition) is 1. The van der Waals surface area contributed by atoms with Gasteiger partial charge in [0.25, 0.3) is 0 Å². The molecule has 1 aliphatic rings. The summed E-state index contributed by atoms with van der Waals surface area (Å²) in [6.07, 6.45) is 0.647. The minimum Gasteiger partial charge on any atom is -0.381 e. The van der Waals surface area contributed by atoms with Gasteiger partial charge in [-0.25, -0.2) is 17.5 Å². The SMILES string of the molecule is CC(C)NS(=O)(=O)[C@@H]1CCOC[C@H]1Cc1c(F)cccc1Cl. The van der Waals surface area contributed by atoms with E-state index in [1.807, 2.05) is 0 Å². The summed E-state index contributed by atoms with van der Waals surface area (Å²) in [6, 6.07) is 4.30. The summed E-state index contributed by atoms with van der Waals surface area (Å²) >= 11 is 6.05. The fourth-order valence-corrected chi connectivity index (χ4v) is 4.94. The summed E-state index contributed by atoms with van der Waals surface area (Å²) in [5.41, 5.74) is 0.351. The Labute approximate surface area is 136 Å². The topological polar surface area (TPSA) is 55.4 Å². The average Bonchev–Trinajstić information content (AvgIpc) is 2.42. The molecule has 2 rings (SSSR count). The molecule has 7 heteroatoms. The largest absolute Gasteiger partial charge is 0.381 e.